The number of rotatable bonds is 7. The lowest BCUT2D eigenvalue weighted by Crippen LogP contribution is -2.41. The summed E-state index contributed by atoms with van der Waals surface area (Å²) in [5.41, 5.74) is -0.895. The second kappa shape index (κ2) is 8.46. The SMILES string of the molecule is COc1ccc(NC(=O)CN2C(=O)NC(C)(C)C2=O)cc1NS(=O)(=O)c1ccc(F)cc1. The van der Waals surface area contributed by atoms with E-state index in [1.807, 2.05) is 0 Å². The lowest BCUT2D eigenvalue weighted by Gasteiger charge is -2.16. The van der Waals surface area contributed by atoms with Crippen LogP contribution in [0.5, 0.6) is 5.75 Å². The lowest BCUT2D eigenvalue weighted by atomic mass is 10.1. The van der Waals surface area contributed by atoms with Crippen LogP contribution in [0.1, 0.15) is 13.8 Å². The Bertz CT molecular complexity index is 1180. The molecule has 4 amide bonds. The van der Waals surface area contributed by atoms with E-state index in [9.17, 15) is 27.2 Å². The predicted molar refractivity (Wildman–Crippen MR) is 113 cm³/mol. The van der Waals surface area contributed by atoms with Gasteiger partial charge in [0.15, 0.2) is 0 Å². The molecule has 1 aliphatic heterocycles. The van der Waals surface area contributed by atoms with E-state index in [2.05, 4.69) is 15.4 Å². The summed E-state index contributed by atoms with van der Waals surface area (Å²) in [5.74, 6) is -1.62. The molecule has 10 nitrogen and oxygen atoms in total. The van der Waals surface area contributed by atoms with Crippen LogP contribution in [0.2, 0.25) is 0 Å². The molecule has 2 aromatic rings. The molecule has 12 heteroatoms. The summed E-state index contributed by atoms with van der Waals surface area (Å²) >= 11 is 0. The maximum atomic E-state index is 13.1. The molecule has 1 aliphatic rings. The van der Waals surface area contributed by atoms with Gasteiger partial charge in [0.1, 0.15) is 23.7 Å². The average Bonchev–Trinajstić information content (AvgIpc) is 2.90. The van der Waals surface area contributed by atoms with Crippen molar-refractivity contribution >= 4 is 39.2 Å². The molecule has 3 rings (SSSR count). The molecule has 0 atom stereocenters. The number of nitrogens with zero attached hydrogens (tertiary/aromatic N) is 1. The van der Waals surface area contributed by atoms with E-state index in [-0.39, 0.29) is 22.0 Å². The zero-order valence-electron chi connectivity index (χ0n) is 17.4. The van der Waals surface area contributed by atoms with Gasteiger partial charge >= 0.3 is 6.03 Å². The molecule has 1 heterocycles. The van der Waals surface area contributed by atoms with Crippen LogP contribution in [0.25, 0.3) is 0 Å². The standard InChI is InChI=1S/C20H21FN4O6S/c1-20(2)18(27)25(19(28)23-20)11-17(26)22-13-6-9-16(31-3)15(10-13)24-32(29,30)14-7-4-12(21)5-8-14/h4-10,24H,11H2,1-3H3,(H,22,26)(H,23,28). The first-order chi connectivity index (χ1) is 14.9. The van der Waals surface area contributed by atoms with Crippen LogP contribution in [0.4, 0.5) is 20.6 Å². The number of urea groups is 1. The predicted octanol–water partition coefficient (Wildman–Crippen LogP) is 1.90. The Labute approximate surface area is 183 Å². The molecular weight excluding hydrogens is 443 g/mol. The van der Waals surface area contributed by atoms with Crippen LogP contribution < -0.4 is 20.1 Å². The van der Waals surface area contributed by atoms with Crippen molar-refractivity contribution in [3.8, 4) is 5.75 Å². The van der Waals surface area contributed by atoms with Gasteiger partial charge in [-0.1, -0.05) is 0 Å². The van der Waals surface area contributed by atoms with Gasteiger partial charge in [0.25, 0.3) is 15.9 Å². The van der Waals surface area contributed by atoms with Gasteiger partial charge in [-0.05, 0) is 56.3 Å². The first-order valence-electron chi connectivity index (χ1n) is 9.33. The minimum absolute atomic E-state index is 0.0192. The highest BCUT2D eigenvalue weighted by Gasteiger charge is 2.44. The molecule has 2 aromatic carbocycles. The molecule has 0 unspecified atom stereocenters. The molecule has 0 aliphatic carbocycles. The van der Waals surface area contributed by atoms with Crippen molar-refractivity contribution in [1.29, 1.82) is 0 Å². The quantitative estimate of drug-likeness (QED) is 0.536. The maximum absolute atomic E-state index is 13.1. The summed E-state index contributed by atoms with van der Waals surface area (Å²) in [5, 5.41) is 4.98. The van der Waals surface area contributed by atoms with Gasteiger partial charge in [-0.3, -0.25) is 19.2 Å². The van der Waals surface area contributed by atoms with Crippen molar-refractivity contribution in [3.05, 3.63) is 48.3 Å². The first kappa shape index (κ1) is 23.0. The minimum atomic E-state index is -4.07. The Balaban J connectivity index is 1.77. The van der Waals surface area contributed by atoms with Crippen LogP contribution in [0.3, 0.4) is 0 Å². The monoisotopic (exact) mass is 464 g/mol. The number of hydrogen-bond acceptors (Lipinski definition) is 6. The van der Waals surface area contributed by atoms with Gasteiger partial charge in [-0.25, -0.2) is 17.6 Å². The normalized spacial score (nSPS) is 15.3. The maximum Gasteiger partial charge on any atom is 0.325 e. The summed E-state index contributed by atoms with van der Waals surface area (Å²) in [6.45, 7) is 2.53. The molecule has 32 heavy (non-hydrogen) atoms. The number of sulfonamides is 1. The van der Waals surface area contributed by atoms with Gasteiger partial charge in [0, 0.05) is 5.69 Å². The number of amides is 4. The van der Waals surface area contributed by atoms with Crippen molar-refractivity contribution in [3.63, 3.8) is 0 Å². The number of anilines is 2. The van der Waals surface area contributed by atoms with E-state index in [4.69, 9.17) is 4.74 Å². The van der Waals surface area contributed by atoms with E-state index >= 15 is 0 Å². The molecule has 0 radical (unpaired) electrons. The number of halogens is 1. The lowest BCUT2D eigenvalue weighted by molar-refractivity contribution is -0.132. The topological polar surface area (TPSA) is 134 Å². The third kappa shape index (κ3) is 4.80. The molecule has 0 spiro atoms. The second-order valence-corrected chi connectivity index (χ2v) is 9.15. The van der Waals surface area contributed by atoms with Crippen molar-refractivity contribution in [1.82, 2.24) is 10.2 Å². The molecule has 3 N–H and O–H groups in total. The van der Waals surface area contributed by atoms with Crippen LogP contribution in [0.15, 0.2) is 47.4 Å². The molecule has 0 bridgehead atoms. The molecule has 1 fully saturated rings. The van der Waals surface area contributed by atoms with Gasteiger partial charge in [0.05, 0.1) is 17.7 Å². The van der Waals surface area contributed by atoms with Crippen molar-refractivity contribution in [2.24, 2.45) is 0 Å². The summed E-state index contributed by atoms with van der Waals surface area (Å²) in [7, 11) is -2.73. The first-order valence-corrected chi connectivity index (χ1v) is 10.8. The zero-order chi connectivity index (χ0) is 23.7. The molecule has 0 aromatic heterocycles. The fourth-order valence-electron chi connectivity index (χ4n) is 2.99. The van der Waals surface area contributed by atoms with Gasteiger partial charge in [0.2, 0.25) is 5.91 Å². The van der Waals surface area contributed by atoms with E-state index in [1.165, 1.54) is 39.2 Å². The smallest absolute Gasteiger partial charge is 0.325 e. The molecule has 170 valence electrons. The fraction of sp³-hybridized carbons (Fsp3) is 0.250. The minimum Gasteiger partial charge on any atom is -0.495 e. The number of benzene rings is 2. The molecule has 0 saturated carbocycles. The Morgan fingerprint density at radius 1 is 1.16 bits per heavy atom. The number of imide groups is 1. The van der Waals surface area contributed by atoms with Crippen molar-refractivity contribution < 1.29 is 31.9 Å². The Morgan fingerprint density at radius 2 is 1.81 bits per heavy atom. The highest BCUT2D eigenvalue weighted by Crippen LogP contribution is 2.30. The van der Waals surface area contributed by atoms with Crippen LogP contribution in [0, 0.1) is 5.82 Å². The molecular formula is C20H21FN4O6S. The Morgan fingerprint density at radius 3 is 2.38 bits per heavy atom. The van der Waals surface area contributed by atoms with E-state index < -0.39 is 45.8 Å². The zero-order valence-corrected chi connectivity index (χ0v) is 18.2. The Kier molecular flexibility index (Phi) is 6.08. The highest BCUT2D eigenvalue weighted by atomic mass is 32.2. The van der Waals surface area contributed by atoms with Gasteiger partial charge in [-0.15, -0.1) is 0 Å². The number of ether oxygens (including phenoxy) is 1. The third-order valence-electron chi connectivity index (χ3n) is 4.60. The number of carbonyl (C=O) groups excluding carboxylic acids is 3. The summed E-state index contributed by atoms with van der Waals surface area (Å²) < 4.78 is 45.8. The average molecular weight is 464 g/mol. The number of hydrogen-bond donors (Lipinski definition) is 3. The van der Waals surface area contributed by atoms with Crippen LogP contribution in [-0.4, -0.2) is 50.4 Å². The van der Waals surface area contributed by atoms with Crippen molar-refractivity contribution in [2.45, 2.75) is 24.3 Å². The van der Waals surface area contributed by atoms with Gasteiger partial charge < -0.3 is 15.4 Å². The van der Waals surface area contributed by atoms with E-state index in [1.54, 1.807) is 0 Å². The fourth-order valence-corrected chi connectivity index (χ4v) is 4.05. The number of nitrogens with one attached hydrogen (secondary N) is 3. The van der Waals surface area contributed by atoms with Crippen LogP contribution >= 0.6 is 0 Å². The van der Waals surface area contributed by atoms with Gasteiger partial charge in [-0.2, -0.15) is 0 Å². The highest BCUT2D eigenvalue weighted by molar-refractivity contribution is 7.92. The van der Waals surface area contributed by atoms with E-state index in [0.29, 0.717) is 0 Å². The van der Waals surface area contributed by atoms with Crippen LogP contribution in [-0.2, 0) is 19.6 Å². The Hall–Kier alpha value is -3.67. The largest absolute Gasteiger partial charge is 0.495 e. The molecule has 1 saturated heterocycles. The summed E-state index contributed by atoms with van der Waals surface area (Å²) in [6, 6.07) is 7.76. The van der Waals surface area contributed by atoms with Crippen molar-refractivity contribution in [2.75, 3.05) is 23.7 Å². The summed E-state index contributed by atoms with van der Waals surface area (Å²) in [4.78, 5) is 37.2. The second-order valence-electron chi connectivity index (χ2n) is 7.47. The number of carbonyl (C=O) groups is 3. The number of methoxy groups -OCH3 is 1. The summed E-state index contributed by atoms with van der Waals surface area (Å²) in [6.07, 6.45) is 0. The third-order valence-corrected chi connectivity index (χ3v) is 5.98. The van der Waals surface area contributed by atoms with E-state index in [0.717, 1.165) is 29.2 Å².